The summed E-state index contributed by atoms with van der Waals surface area (Å²) < 4.78 is 6.29. The van der Waals surface area contributed by atoms with Crippen molar-refractivity contribution < 1.29 is 9.53 Å². The molecule has 3 rings (SSSR count). The van der Waals surface area contributed by atoms with Crippen LogP contribution in [0.4, 0.5) is 5.69 Å². The SMILES string of the molecule is Cc1nc2cccc(OC3CCCN(C(=O)C(C)C)C3)c2c(N)c1C. The molecule has 0 aliphatic carbocycles. The molecule has 5 heteroatoms. The lowest BCUT2D eigenvalue weighted by molar-refractivity contribution is -0.137. The lowest BCUT2D eigenvalue weighted by Crippen LogP contribution is -2.45. The molecule has 2 N–H and O–H groups in total. The molecule has 1 fully saturated rings. The quantitative estimate of drug-likeness (QED) is 0.928. The van der Waals surface area contributed by atoms with Crippen molar-refractivity contribution in [3.63, 3.8) is 0 Å². The number of rotatable bonds is 3. The van der Waals surface area contributed by atoms with Gasteiger partial charge >= 0.3 is 0 Å². The van der Waals surface area contributed by atoms with Gasteiger partial charge in [-0.1, -0.05) is 19.9 Å². The van der Waals surface area contributed by atoms with Crippen LogP contribution in [0.25, 0.3) is 10.9 Å². The minimum Gasteiger partial charge on any atom is -0.488 e. The van der Waals surface area contributed by atoms with Gasteiger partial charge in [-0.05, 0) is 44.4 Å². The Morgan fingerprint density at radius 2 is 2.12 bits per heavy atom. The van der Waals surface area contributed by atoms with Crippen molar-refractivity contribution in [2.75, 3.05) is 18.8 Å². The Morgan fingerprint density at radius 3 is 2.84 bits per heavy atom. The van der Waals surface area contributed by atoms with E-state index in [0.29, 0.717) is 6.54 Å². The van der Waals surface area contributed by atoms with Gasteiger partial charge in [-0.2, -0.15) is 0 Å². The van der Waals surface area contributed by atoms with E-state index < -0.39 is 0 Å². The number of carbonyl (C=O) groups excluding carboxylic acids is 1. The summed E-state index contributed by atoms with van der Waals surface area (Å²) in [5.41, 5.74) is 9.86. The first kappa shape index (κ1) is 17.5. The summed E-state index contributed by atoms with van der Waals surface area (Å²) in [6.07, 6.45) is 1.89. The third-order valence-electron chi connectivity index (χ3n) is 4.99. The minimum atomic E-state index is -0.0111. The number of nitrogen functional groups attached to an aromatic ring is 1. The van der Waals surface area contributed by atoms with Crippen molar-refractivity contribution in [2.24, 2.45) is 5.92 Å². The van der Waals surface area contributed by atoms with E-state index in [9.17, 15) is 4.79 Å². The molecule has 2 heterocycles. The number of aromatic nitrogens is 1. The first-order valence-electron chi connectivity index (χ1n) is 8.99. The Bertz CT molecular complexity index is 801. The third kappa shape index (κ3) is 3.41. The number of aryl methyl sites for hydroxylation is 1. The Labute approximate surface area is 149 Å². The van der Waals surface area contributed by atoms with E-state index in [2.05, 4.69) is 4.98 Å². The molecule has 1 aromatic carbocycles. The van der Waals surface area contributed by atoms with Crippen LogP contribution >= 0.6 is 0 Å². The predicted molar refractivity (Wildman–Crippen MR) is 101 cm³/mol. The number of amides is 1. The molecule has 1 amide bonds. The molecular formula is C20H27N3O2. The summed E-state index contributed by atoms with van der Waals surface area (Å²) in [6.45, 7) is 9.27. The zero-order valence-corrected chi connectivity index (χ0v) is 15.5. The summed E-state index contributed by atoms with van der Waals surface area (Å²) in [4.78, 5) is 18.8. The number of likely N-dealkylation sites (tertiary alicyclic amines) is 1. The second kappa shape index (κ2) is 6.90. The Hall–Kier alpha value is -2.30. The highest BCUT2D eigenvalue weighted by Crippen LogP contribution is 2.34. The van der Waals surface area contributed by atoms with Gasteiger partial charge in [0, 0.05) is 23.8 Å². The molecule has 0 radical (unpaired) electrons. The monoisotopic (exact) mass is 341 g/mol. The van der Waals surface area contributed by atoms with Gasteiger partial charge in [0.15, 0.2) is 0 Å². The van der Waals surface area contributed by atoms with Gasteiger partial charge in [0.25, 0.3) is 0 Å². The summed E-state index contributed by atoms with van der Waals surface area (Å²) in [5.74, 6) is 0.968. The number of fused-ring (bicyclic) bond motifs is 1. The number of nitrogens with zero attached hydrogens (tertiary/aromatic N) is 2. The fourth-order valence-electron chi connectivity index (χ4n) is 3.41. The fraction of sp³-hybridized carbons (Fsp3) is 0.500. The van der Waals surface area contributed by atoms with Crippen LogP contribution in [0.3, 0.4) is 0 Å². The molecule has 1 aliphatic rings. The normalized spacial score (nSPS) is 18.0. The number of anilines is 1. The van der Waals surface area contributed by atoms with Crippen LogP contribution in [0.1, 0.15) is 37.9 Å². The topological polar surface area (TPSA) is 68.5 Å². The second-order valence-corrected chi connectivity index (χ2v) is 7.21. The Kier molecular flexibility index (Phi) is 4.84. The number of benzene rings is 1. The van der Waals surface area contributed by atoms with Gasteiger partial charge in [-0.25, -0.2) is 0 Å². The lowest BCUT2D eigenvalue weighted by Gasteiger charge is -2.34. The van der Waals surface area contributed by atoms with Crippen LogP contribution in [0.5, 0.6) is 5.75 Å². The first-order valence-corrected chi connectivity index (χ1v) is 8.99. The van der Waals surface area contributed by atoms with Crippen molar-refractivity contribution >= 4 is 22.5 Å². The smallest absolute Gasteiger partial charge is 0.225 e. The number of ether oxygens (including phenoxy) is 1. The average Bonchev–Trinajstić information content (AvgIpc) is 2.59. The van der Waals surface area contributed by atoms with Crippen LogP contribution in [0.15, 0.2) is 18.2 Å². The minimum absolute atomic E-state index is 0.0111. The Morgan fingerprint density at radius 1 is 1.36 bits per heavy atom. The number of hydrogen-bond acceptors (Lipinski definition) is 4. The second-order valence-electron chi connectivity index (χ2n) is 7.21. The van der Waals surface area contributed by atoms with Gasteiger partial charge in [0.2, 0.25) is 5.91 Å². The van der Waals surface area contributed by atoms with E-state index in [-0.39, 0.29) is 17.9 Å². The van der Waals surface area contributed by atoms with E-state index in [1.165, 1.54) is 0 Å². The van der Waals surface area contributed by atoms with Gasteiger partial charge in [-0.15, -0.1) is 0 Å². The van der Waals surface area contributed by atoms with Crippen molar-refractivity contribution in [1.82, 2.24) is 9.88 Å². The maximum absolute atomic E-state index is 12.3. The number of nitrogens with two attached hydrogens (primary N) is 1. The molecule has 0 bridgehead atoms. The molecule has 1 aliphatic heterocycles. The van der Waals surface area contributed by atoms with Crippen LogP contribution in [-0.4, -0.2) is 35.0 Å². The molecule has 5 nitrogen and oxygen atoms in total. The van der Waals surface area contributed by atoms with Gasteiger partial charge in [0.1, 0.15) is 11.9 Å². The summed E-state index contributed by atoms with van der Waals surface area (Å²) in [5, 5.41) is 0.873. The molecule has 0 spiro atoms. The lowest BCUT2D eigenvalue weighted by atomic mass is 10.0. The number of pyridine rings is 1. The molecule has 2 aromatic rings. The first-order chi connectivity index (χ1) is 11.9. The van der Waals surface area contributed by atoms with Gasteiger partial charge in [-0.3, -0.25) is 9.78 Å². The van der Waals surface area contributed by atoms with Crippen LogP contribution in [-0.2, 0) is 4.79 Å². The largest absolute Gasteiger partial charge is 0.488 e. The highest BCUT2D eigenvalue weighted by molar-refractivity contribution is 5.97. The molecular weight excluding hydrogens is 314 g/mol. The van der Waals surface area contributed by atoms with Crippen LogP contribution in [0, 0.1) is 19.8 Å². The zero-order chi connectivity index (χ0) is 18.1. The van der Waals surface area contributed by atoms with E-state index >= 15 is 0 Å². The van der Waals surface area contributed by atoms with Crippen LogP contribution in [0.2, 0.25) is 0 Å². The fourth-order valence-corrected chi connectivity index (χ4v) is 3.41. The number of carbonyl (C=O) groups is 1. The van der Waals surface area contributed by atoms with E-state index in [1.807, 2.05) is 50.8 Å². The molecule has 1 saturated heterocycles. The number of piperidine rings is 1. The molecule has 1 atom stereocenters. The van der Waals surface area contributed by atoms with Gasteiger partial charge < -0.3 is 15.4 Å². The van der Waals surface area contributed by atoms with E-state index in [1.54, 1.807) is 0 Å². The molecule has 25 heavy (non-hydrogen) atoms. The summed E-state index contributed by atoms with van der Waals surface area (Å²) in [7, 11) is 0. The maximum Gasteiger partial charge on any atom is 0.225 e. The summed E-state index contributed by atoms with van der Waals surface area (Å²) in [6, 6.07) is 5.84. The molecule has 1 unspecified atom stereocenters. The Balaban J connectivity index is 1.88. The number of hydrogen-bond donors (Lipinski definition) is 1. The van der Waals surface area contributed by atoms with Crippen molar-refractivity contribution in [3.8, 4) is 5.75 Å². The van der Waals surface area contributed by atoms with E-state index in [4.69, 9.17) is 10.5 Å². The highest BCUT2D eigenvalue weighted by Gasteiger charge is 2.27. The zero-order valence-electron chi connectivity index (χ0n) is 15.5. The summed E-state index contributed by atoms with van der Waals surface area (Å²) >= 11 is 0. The van der Waals surface area contributed by atoms with Crippen molar-refractivity contribution in [1.29, 1.82) is 0 Å². The molecule has 0 saturated carbocycles. The average molecular weight is 341 g/mol. The maximum atomic E-state index is 12.3. The van der Waals surface area contributed by atoms with E-state index in [0.717, 1.165) is 53.0 Å². The van der Waals surface area contributed by atoms with Crippen molar-refractivity contribution in [3.05, 3.63) is 29.5 Å². The molecule has 1 aromatic heterocycles. The third-order valence-corrected chi connectivity index (χ3v) is 4.99. The van der Waals surface area contributed by atoms with Crippen molar-refractivity contribution in [2.45, 2.75) is 46.6 Å². The highest BCUT2D eigenvalue weighted by atomic mass is 16.5. The standard InChI is InChI=1S/C20H27N3O2/c1-12(2)20(24)23-10-6-7-15(11-23)25-17-9-5-8-16-18(17)19(21)13(3)14(4)22-16/h5,8-9,12,15H,6-7,10-11H2,1-4H3,(H2,21,22). The predicted octanol–water partition coefficient (Wildman–Crippen LogP) is 3.46. The van der Waals surface area contributed by atoms with Gasteiger partial charge in [0.05, 0.1) is 17.4 Å². The molecule has 134 valence electrons. The van der Waals surface area contributed by atoms with Crippen LogP contribution < -0.4 is 10.5 Å².